The van der Waals surface area contributed by atoms with Gasteiger partial charge in [0.2, 0.25) is 5.75 Å². The average Bonchev–Trinajstić information content (AvgIpc) is 2.70. The Hall–Kier alpha value is -2.59. The van der Waals surface area contributed by atoms with Crippen molar-refractivity contribution in [3.05, 3.63) is 58.7 Å². The smallest absolute Gasteiger partial charge is 0.429 e. The van der Waals surface area contributed by atoms with Crippen LogP contribution in [-0.4, -0.2) is 6.36 Å². The summed E-state index contributed by atoms with van der Waals surface area (Å²) in [5, 5.41) is 0. The SMILES string of the molecule is CCC[C@H]1CC[C@H](c2cc(F)c(C(F)(F)Oc3cc(F)c(OC(F)(F)F)c(F)c3)c(F)c2)CC1. The molecule has 0 radical (unpaired) electrons. The molecule has 11 heteroatoms. The van der Waals surface area contributed by atoms with Crippen molar-refractivity contribution in [3.63, 3.8) is 0 Å². The van der Waals surface area contributed by atoms with Crippen molar-refractivity contribution in [2.24, 2.45) is 5.92 Å². The minimum atomic E-state index is -5.45. The van der Waals surface area contributed by atoms with Gasteiger partial charge in [0.05, 0.1) is 0 Å². The van der Waals surface area contributed by atoms with Gasteiger partial charge in [-0.3, -0.25) is 0 Å². The lowest BCUT2D eigenvalue weighted by molar-refractivity contribution is -0.276. The van der Waals surface area contributed by atoms with Crippen molar-refractivity contribution < 1.29 is 49.0 Å². The Labute approximate surface area is 189 Å². The van der Waals surface area contributed by atoms with Crippen molar-refractivity contribution in [3.8, 4) is 11.5 Å². The van der Waals surface area contributed by atoms with E-state index in [2.05, 4.69) is 16.4 Å². The number of ether oxygens (including phenoxy) is 2. The van der Waals surface area contributed by atoms with Crippen LogP contribution in [0.5, 0.6) is 11.5 Å². The first kappa shape index (κ1) is 26.0. The van der Waals surface area contributed by atoms with Crippen LogP contribution < -0.4 is 9.47 Å². The van der Waals surface area contributed by atoms with Crippen LogP contribution in [0.15, 0.2) is 24.3 Å². The summed E-state index contributed by atoms with van der Waals surface area (Å²) in [4.78, 5) is 0. The number of alkyl halides is 5. The molecule has 0 aromatic heterocycles. The van der Waals surface area contributed by atoms with E-state index in [1.165, 1.54) is 0 Å². The molecule has 2 aromatic rings. The fourth-order valence-corrected chi connectivity index (χ4v) is 4.31. The minimum Gasteiger partial charge on any atom is -0.429 e. The lowest BCUT2D eigenvalue weighted by Crippen LogP contribution is -2.26. The van der Waals surface area contributed by atoms with Crippen LogP contribution in [0, 0.1) is 29.2 Å². The van der Waals surface area contributed by atoms with Gasteiger partial charge < -0.3 is 9.47 Å². The van der Waals surface area contributed by atoms with E-state index in [1.54, 1.807) is 0 Å². The quantitative estimate of drug-likeness (QED) is 0.356. The molecular weight excluding hydrogens is 479 g/mol. The number of rotatable bonds is 7. The van der Waals surface area contributed by atoms with E-state index in [0.29, 0.717) is 18.8 Å². The summed E-state index contributed by atoms with van der Waals surface area (Å²) in [6.07, 6.45) is -5.09. The largest absolute Gasteiger partial charge is 0.573 e. The molecule has 0 atom stereocenters. The van der Waals surface area contributed by atoms with Crippen LogP contribution in [0.25, 0.3) is 0 Å². The molecule has 2 aromatic carbocycles. The summed E-state index contributed by atoms with van der Waals surface area (Å²) in [7, 11) is 0. The second-order valence-electron chi connectivity index (χ2n) is 8.25. The monoisotopic (exact) mass is 500 g/mol. The average molecular weight is 500 g/mol. The Morgan fingerprint density at radius 2 is 1.29 bits per heavy atom. The van der Waals surface area contributed by atoms with Gasteiger partial charge in [-0.25, -0.2) is 17.6 Å². The first-order valence-corrected chi connectivity index (χ1v) is 10.6. The molecule has 1 aliphatic rings. The van der Waals surface area contributed by atoms with Gasteiger partial charge in [0.15, 0.2) is 11.6 Å². The van der Waals surface area contributed by atoms with Crippen LogP contribution >= 0.6 is 0 Å². The van der Waals surface area contributed by atoms with E-state index in [4.69, 9.17) is 0 Å². The molecule has 1 saturated carbocycles. The molecule has 0 bridgehead atoms. The third-order valence-corrected chi connectivity index (χ3v) is 5.81. The molecule has 1 fully saturated rings. The van der Waals surface area contributed by atoms with Crippen LogP contribution in [0.1, 0.15) is 62.5 Å². The van der Waals surface area contributed by atoms with Gasteiger partial charge in [-0.2, -0.15) is 8.78 Å². The summed E-state index contributed by atoms with van der Waals surface area (Å²) in [6.45, 7) is 2.06. The van der Waals surface area contributed by atoms with E-state index >= 15 is 0 Å². The molecular formula is C23H21F9O2. The zero-order valence-corrected chi connectivity index (χ0v) is 17.9. The van der Waals surface area contributed by atoms with E-state index in [0.717, 1.165) is 37.8 Å². The molecule has 0 unspecified atom stereocenters. The molecule has 0 N–H and O–H groups in total. The van der Waals surface area contributed by atoms with Gasteiger partial charge in [-0.1, -0.05) is 19.8 Å². The van der Waals surface area contributed by atoms with E-state index in [-0.39, 0.29) is 23.6 Å². The summed E-state index contributed by atoms with van der Waals surface area (Å²) in [5.74, 6) is -10.1. The number of halogens is 9. The molecule has 3 rings (SSSR count). The highest BCUT2D eigenvalue weighted by Gasteiger charge is 2.42. The first-order chi connectivity index (χ1) is 15.8. The molecule has 0 amide bonds. The van der Waals surface area contributed by atoms with Crippen molar-refractivity contribution in [1.82, 2.24) is 0 Å². The van der Waals surface area contributed by atoms with Crippen LogP contribution in [0.4, 0.5) is 39.5 Å². The highest BCUT2D eigenvalue weighted by Crippen LogP contribution is 2.41. The summed E-state index contributed by atoms with van der Waals surface area (Å²) < 4.78 is 130. The third kappa shape index (κ3) is 6.09. The first-order valence-electron chi connectivity index (χ1n) is 10.6. The Bertz CT molecular complexity index is 966. The predicted octanol–water partition coefficient (Wildman–Crippen LogP) is 8.34. The maximum atomic E-state index is 14.6. The van der Waals surface area contributed by atoms with Crippen molar-refractivity contribution >= 4 is 0 Å². The van der Waals surface area contributed by atoms with Crippen LogP contribution in [0.3, 0.4) is 0 Å². The maximum Gasteiger partial charge on any atom is 0.573 e. The molecule has 1 aliphatic carbocycles. The van der Waals surface area contributed by atoms with E-state index in [9.17, 15) is 39.5 Å². The van der Waals surface area contributed by atoms with Crippen molar-refractivity contribution in [2.75, 3.05) is 0 Å². The van der Waals surface area contributed by atoms with Gasteiger partial charge >= 0.3 is 12.5 Å². The van der Waals surface area contributed by atoms with Gasteiger partial charge in [0.25, 0.3) is 0 Å². The Kier molecular flexibility index (Phi) is 7.62. The molecule has 0 saturated heterocycles. The number of hydrogen-bond acceptors (Lipinski definition) is 2. The second kappa shape index (κ2) is 9.95. The Morgan fingerprint density at radius 3 is 1.76 bits per heavy atom. The predicted molar refractivity (Wildman–Crippen MR) is 104 cm³/mol. The van der Waals surface area contributed by atoms with Crippen molar-refractivity contribution in [1.29, 1.82) is 0 Å². The van der Waals surface area contributed by atoms with E-state index < -0.39 is 52.8 Å². The number of benzene rings is 2. The third-order valence-electron chi connectivity index (χ3n) is 5.81. The highest BCUT2D eigenvalue weighted by atomic mass is 19.4. The molecule has 0 spiro atoms. The Morgan fingerprint density at radius 1 is 0.765 bits per heavy atom. The van der Waals surface area contributed by atoms with Gasteiger partial charge in [-0.05, 0) is 55.2 Å². The second-order valence-corrected chi connectivity index (χ2v) is 8.25. The fourth-order valence-electron chi connectivity index (χ4n) is 4.31. The zero-order valence-electron chi connectivity index (χ0n) is 17.9. The molecule has 0 heterocycles. The van der Waals surface area contributed by atoms with Gasteiger partial charge in [-0.15, -0.1) is 13.2 Å². The lowest BCUT2D eigenvalue weighted by atomic mass is 9.77. The lowest BCUT2D eigenvalue weighted by Gasteiger charge is -2.29. The van der Waals surface area contributed by atoms with Crippen LogP contribution in [-0.2, 0) is 6.11 Å². The molecule has 2 nitrogen and oxygen atoms in total. The normalized spacial score (nSPS) is 19.2. The van der Waals surface area contributed by atoms with E-state index in [1.807, 2.05) is 0 Å². The highest BCUT2D eigenvalue weighted by molar-refractivity contribution is 5.37. The Balaban J connectivity index is 1.81. The number of hydrogen-bond donors (Lipinski definition) is 0. The topological polar surface area (TPSA) is 18.5 Å². The van der Waals surface area contributed by atoms with Gasteiger partial charge in [0, 0.05) is 12.1 Å². The maximum absolute atomic E-state index is 14.6. The summed E-state index contributed by atoms with van der Waals surface area (Å²) in [6, 6.07) is 1.53. The molecule has 0 aliphatic heterocycles. The molecule has 34 heavy (non-hydrogen) atoms. The zero-order chi connectivity index (χ0) is 25.3. The standard InChI is InChI=1S/C23H21F9O2/c1-2-3-12-4-6-13(7-5-12)14-8-16(24)20(17(25)9-14)22(28,29)33-15-10-18(26)21(19(27)11-15)34-23(30,31)32/h8-13H,2-7H2,1H3/t12-,13-. The van der Waals surface area contributed by atoms with Gasteiger partial charge in [0.1, 0.15) is 22.9 Å². The van der Waals surface area contributed by atoms with Crippen LogP contribution in [0.2, 0.25) is 0 Å². The molecule has 188 valence electrons. The fraction of sp³-hybridized carbons (Fsp3) is 0.478. The minimum absolute atomic E-state index is 0.0169. The summed E-state index contributed by atoms with van der Waals surface area (Å²) >= 11 is 0. The summed E-state index contributed by atoms with van der Waals surface area (Å²) in [5.41, 5.74) is -1.57. The van der Waals surface area contributed by atoms with Crippen molar-refractivity contribution in [2.45, 2.75) is 63.8 Å².